The molecule has 0 fully saturated rings. The first kappa shape index (κ1) is 24.0. The van der Waals surface area contributed by atoms with Gasteiger partial charge in [-0.3, -0.25) is 9.59 Å². The molecular weight excluding hydrogens is 689 g/mol. The minimum absolute atomic E-state index is 0.0575. The third-order valence-corrected chi connectivity index (χ3v) is 6.35. The number of phenolic OH excluding ortho intramolecular Hbond substituents is 1. The molecule has 0 spiro atoms. The van der Waals surface area contributed by atoms with Crippen molar-refractivity contribution in [3.05, 3.63) is 21.8 Å². The Morgan fingerprint density at radius 1 is 0.808 bits per heavy atom. The third kappa shape index (κ3) is 5.99. The Labute approximate surface area is 190 Å². The zero-order valence-corrected chi connectivity index (χ0v) is 19.6. The lowest BCUT2D eigenvalue weighted by Gasteiger charge is -2.17. The Kier molecular flexibility index (Phi) is 10.3. The van der Waals surface area contributed by atoms with Gasteiger partial charge >= 0.3 is 0 Å². The fraction of sp³-hybridized carbons (Fsp3) is 0.429. The van der Waals surface area contributed by atoms with E-state index in [0.717, 1.165) is 0 Å². The maximum atomic E-state index is 12.4. The summed E-state index contributed by atoms with van der Waals surface area (Å²) in [5, 5.41) is 51.5. The first-order chi connectivity index (χ1) is 12.1. The fourth-order valence-corrected chi connectivity index (χ4v) is 5.92. The van der Waals surface area contributed by atoms with Crippen LogP contribution in [0.3, 0.4) is 0 Å². The van der Waals surface area contributed by atoms with E-state index in [4.69, 9.17) is 10.2 Å². The minimum Gasteiger partial charge on any atom is -0.506 e. The molecule has 26 heavy (non-hydrogen) atoms. The second-order valence-corrected chi connectivity index (χ2v) is 8.37. The predicted molar refractivity (Wildman–Crippen MR) is 117 cm³/mol. The monoisotopic (exact) mass is 706 g/mol. The largest absolute Gasteiger partial charge is 0.506 e. The molecule has 0 aliphatic heterocycles. The Hall–Kier alpha value is -0.0100. The molecule has 0 aliphatic rings. The van der Waals surface area contributed by atoms with Gasteiger partial charge in [-0.25, -0.2) is 0 Å². The van der Waals surface area contributed by atoms with Crippen molar-refractivity contribution in [3.8, 4) is 5.75 Å². The second kappa shape index (κ2) is 11.1. The van der Waals surface area contributed by atoms with Crippen molar-refractivity contribution in [2.45, 2.75) is 12.2 Å². The SMILES string of the molecule is O=C(NCC(O)CO)c1c(I)c(O)c(I)c(C(=O)NCC(O)CO)c1I. The van der Waals surface area contributed by atoms with E-state index in [0.29, 0.717) is 0 Å². The molecule has 0 saturated heterocycles. The Balaban J connectivity index is 3.22. The molecule has 2 amide bonds. The first-order valence-corrected chi connectivity index (χ1v) is 10.4. The molecule has 146 valence electrons. The third-order valence-electron chi connectivity index (χ3n) is 3.17. The summed E-state index contributed by atoms with van der Waals surface area (Å²) >= 11 is 5.36. The van der Waals surface area contributed by atoms with Crippen LogP contribution >= 0.6 is 67.8 Å². The Morgan fingerprint density at radius 2 is 1.15 bits per heavy atom. The van der Waals surface area contributed by atoms with Gasteiger partial charge in [0.1, 0.15) is 5.75 Å². The maximum Gasteiger partial charge on any atom is 0.253 e. The van der Waals surface area contributed by atoms with Gasteiger partial charge in [0.15, 0.2) is 0 Å². The van der Waals surface area contributed by atoms with Gasteiger partial charge in [0.05, 0.1) is 43.7 Å². The summed E-state index contributed by atoms with van der Waals surface area (Å²) in [6.45, 7) is -1.43. The van der Waals surface area contributed by atoms with Gasteiger partial charge in [0, 0.05) is 16.7 Å². The zero-order chi connectivity index (χ0) is 20.0. The van der Waals surface area contributed by atoms with Crippen molar-refractivity contribution in [2.75, 3.05) is 26.3 Å². The highest BCUT2D eigenvalue weighted by atomic mass is 127. The molecule has 0 aliphatic carbocycles. The van der Waals surface area contributed by atoms with Gasteiger partial charge in [-0.15, -0.1) is 0 Å². The van der Waals surface area contributed by atoms with Gasteiger partial charge in [0.2, 0.25) is 0 Å². The number of aliphatic hydroxyl groups excluding tert-OH is 4. The Bertz CT molecular complexity index is 634. The van der Waals surface area contributed by atoms with Gasteiger partial charge in [0.25, 0.3) is 11.8 Å². The lowest BCUT2D eigenvalue weighted by Crippen LogP contribution is -2.36. The van der Waals surface area contributed by atoms with Crippen LogP contribution in [0.2, 0.25) is 0 Å². The van der Waals surface area contributed by atoms with E-state index in [2.05, 4.69) is 10.6 Å². The minimum atomic E-state index is -1.13. The molecule has 0 bridgehead atoms. The molecule has 0 radical (unpaired) electrons. The molecule has 0 saturated carbocycles. The first-order valence-electron chi connectivity index (χ1n) is 7.19. The van der Waals surface area contributed by atoms with Gasteiger partial charge in [-0.05, 0) is 67.8 Å². The van der Waals surface area contributed by atoms with E-state index in [9.17, 15) is 24.9 Å². The normalized spacial score (nSPS) is 13.2. The van der Waals surface area contributed by atoms with Gasteiger partial charge < -0.3 is 36.2 Å². The average Bonchev–Trinajstić information content (AvgIpc) is 2.62. The highest BCUT2D eigenvalue weighted by Crippen LogP contribution is 2.36. The van der Waals surface area contributed by atoms with Crippen molar-refractivity contribution in [1.82, 2.24) is 10.6 Å². The number of carbonyl (C=O) groups is 2. The molecule has 7 N–H and O–H groups in total. The molecule has 0 heterocycles. The lowest BCUT2D eigenvalue weighted by atomic mass is 10.1. The highest BCUT2D eigenvalue weighted by molar-refractivity contribution is 14.1. The van der Waals surface area contributed by atoms with Gasteiger partial charge in [-0.1, -0.05) is 0 Å². The van der Waals surface area contributed by atoms with Crippen LogP contribution in [-0.2, 0) is 0 Å². The van der Waals surface area contributed by atoms with Crippen LogP contribution in [0.5, 0.6) is 5.75 Å². The van der Waals surface area contributed by atoms with Crippen molar-refractivity contribution in [1.29, 1.82) is 0 Å². The number of benzene rings is 1. The number of amides is 2. The molecule has 2 atom stereocenters. The van der Waals surface area contributed by atoms with Crippen molar-refractivity contribution >= 4 is 79.6 Å². The molecule has 9 nitrogen and oxygen atoms in total. The fourth-order valence-electron chi connectivity index (χ4n) is 1.78. The molecular formula is C14H17I3N2O7. The van der Waals surface area contributed by atoms with Crippen molar-refractivity contribution < 1.29 is 35.1 Å². The van der Waals surface area contributed by atoms with E-state index >= 15 is 0 Å². The zero-order valence-electron chi connectivity index (χ0n) is 13.2. The summed E-state index contributed by atoms with van der Waals surface area (Å²) < 4.78 is 0.750. The number of phenols is 1. The van der Waals surface area contributed by atoms with E-state index in [1.165, 1.54) is 0 Å². The van der Waals surface area contributed by atoms with Crippen LogP contribution < -0.4 is 10.6 Å². The average molecular weight is 706 g/mol. The topological polar surface area (TPSA) is 159 Å². The Morgan fingerprint density at radius 3 is 1.46 bits per heavy atom. The lowest BCUT2D eigenvalue weighted by molar-refractivity contribution is 0.0797. The number of hydrogen-bond donors (Lipinski definition) is 7. The molecule has 2 unspecified atom stereocenters. The van der Waals surface area contributed by atoms with Crippen molar-refractivity contribution in [2.24, 2.45) is 0 Å². The predicted octanol–water partition coefficient (Wildman–Crippen LogP) is -0.628. The maximum absolute atomic E-state index is 12.4. The summed E-state index contributed by atoms with van der Waals surface area (Å²) in [6.07, 6.45) is -2.26. The van der Waals surface area contributed by atoms with Crippen molar-refractivity contribution in [3.63, 3.8) is 0 Å². The van der Waals surface area contributed by atoms with Crippen LogP contribution in [0, 0.1) is 10.7 Å². The van der Waals surface area contributed by atoms with E-state index in [1.807, 2.05) is 0 Å². The van der Waals surface area contributed by atoms with Crippen LogP contribution in [0.4, 0.5) is 0 Å². The molecule has 0 aromatic heterocycles. The van der Waals surface area contributed by atoms with E-state index < -0.39 is 37.2 Å². The van der Waals surface area contributed by atoms with E-state index in [-0.39, 0.29) is 40.7 Å². The highest BCUT2D eigenvalue weighted by Gasteiger charge is 2.28. The smallest absolute Gasteiger partial charge is 0.253 e. The number of carbonyl (C=O) groups excluding carboxylic acids is 2. The summed E-state index contributed by atoms with van der Waals surface area (Å²) in [5.41, 5.74) is 0.115. The summed E-state index contributed by atoms with van der Waals surface area (Å²) in [6, 6.07) is 0. The van der Waals surface area contributed by atoms with Crippen LogP contribution in [0.1, 0.15) is 20.7 Å². The standard InChI is InChI=1S/C14H17I3N2O7/c15-9-7(13(25)18-1-5(22)3-20)10(16)12(24)11(17)8(9)14(26)19-2-6(23)4-21/h5-6,20-24H,1-4H2,(H,18,25)(H,19,26). The molecule has 1 aromatic carbocycles. The molecule has 1 rings (SSSR count). The quantitative estimate of drug-likeness (QED) is 0.178. The number of aromatic hydroxyl groups is 1. The van der Waals surface area contributed by atoms with Crippen LogP contribution in [0.15, 0.2) is 0 Å². The molecule has 12 heteroatoms. The second-order valence-electron chi connectivity index (χ2n) is 5.13. The van der Waals surface area contributed by atoms with Gasteiger partial charge in [-0.2, -0.15) is 0 Å². The van der Waals surface area contributed by atoms with E-state index in [1.54, 1.807) is 67.8 Å². The number of hydrogen-bond acceptors (Lipinski definition) is 7. The van der Waals surface area contributed by atoms with Crippen LogP contribution in [0.25, 0.3) is 0 Å². The van der Waals surface area contributed by atoms with Crippen LogP contribution in [-0.4, -0.2) is 75.9 Å². The summed E-state index contributed by atoms with van der Waals surface area (Å²) in [4.78, 5) is 24.9. The number of halogens is 3. The summed E-state index contributed by atoms with van der Waals surface area (Å²) in [5.74, 6) is -1.49. The number of nitrogens with one attached hydrogen (secondary N) is 2. The number of aliphatic hydroxyl groups is 4. The molecule has 1 aromatic rings. The summed E-state index contributed by atoms with van der Waals surface area (Å²) in [7, 11) is 0. The number of rotatable bonds is 8.